The Morgan fingerprint density at radius 3 is 2.56 bits per heavy atom. The number of carbonyl (C=O) groups excluding carboxylic acids is 1. The number of carboxylic acid groups (broad SMARTS) is 1. The molecule has 0 aromatic carbocycles. The number of hydrogen-bond donors (Lipinski definition) is 1. The van der Waals surface area contributed by atoms with Gasteiger partial charge in [-0.3, -0.25) is 14.5 Å². The molecule has 2 atom stereocenters. The second-order valence-corrected chi connectivity index (χ2v) is 5.23. The van der Waals surface area contributed by atoms with Gasteiger partial charge in [0.15, 0.2) is 0 Å². The highest BCUT2D eigenvalue weighted by Gasteiger charge is 2.34. The lowest BCUT2D eigenvalue weighted by Gasteiger charge is -2.28. The molecule has 104 valence electrons. The van der Waals surface area contributed by atoms with E-state index in [1.54, 1.807) is 7.05 Å². The van der Waals surface area contributed by atoms with Gasteiger partial charge >= 0.3 is 5.97 Å². The Hall–Kier alpha value is -1.14. The molecule has 1 saturated heterocycles. The van der Waals surface area contributed by atoms with Gasteiger partial charge in [0.1, 0.15) is 0 Å². The topological polar surface area (TPSA) is 64.1 Å². The van der Waals surface area contributed by atoms with Crippen molar-refractivity contribution in [3.05, 3.63) is 0 Å². The number of likely N-dealkylation sites (N-methyl/N-ethyl adjacent to an activating group) is 2. The van der Waals surface area contributed by atoms with Gasteiger partial charge in [0.05, 0.1) is 12.0 Å². The minimum atomic E-state index is -0.835. The number of amides is 1. The van der Waals surface area contributed by atoms with Gasteiger partial charge < -0.3 is 14.9 Å². The lowest BCUT2D eigenvalue weighted by Crippen LogP contribution is -2.45. The molecule has 1 amide bonds. The molecule has 0 bridgehead atoms. The standard InChI is InChI=1S/C12H23N3O3/c1-9-11(16)14(4)7-10(12(17)18)8-15(9)6-5-13(2)3/h9-10H,5-8H2,1-4H3,(H,17,18). The summed E-state index contributed by atoms with van der Waals surface area (Å²) < 4.78 is 0. The Morgan fingerprint density at radius 2 is 2.06 bits per heavy atom. The monoisotopic (exact) mass is 257 g/mol. The maximum atomic E-state index is 12.0. The van der Waals surface area contributed by atoms with Crippen LogP contribution in [0.15, 0.2) is 0 Å². The van der Waals surface area contributed by atoms with Gasteiger partial charge in [-0.05, 0) is 21.0 Å². The van der Waals surface area contributed by atoms with Crippen molar-refractivity contribution in [1.82, 2.24) is 14.7 Å². The van der Waals surface area contributed by atoms with E-state index in [9.17, 15) is 14.7 Å². The van der Waals surface area contributed by atoms with E-state index in [0.29, 0.717) is 13.1 Å². The number of carboxylic acids is 1. The number of carbonyl (C=O) groups is 2. The summed E-state index contributed by atoms with van der Waals surface area (Å²) in [6.07, 6.45) is 0. The molecule has 6 nitrogen and oxygen atoms in total. The third-order valence-corrected chi connectivity index (χ3v) is 3.41. The molecule has 0 saturated carbocycles. The van der Waals surface area contributed by atoms with E-state index in [0.717, 1.165) is 6.54 Å². The Bertz CT molecular complexity index is 320. The van der Waals surface area contributed by atoms with E-state index < -0.39 is 11.9 Å². The molecule has 1 rings (SSSR count). The van der Waals surface area contributed by atoms with E-state index >= 15 is 0 Å². The zero-order valence-corrected chi connectivity index (χ0v) is 11.6. The van der Waals surface area contributed by atoms with Crippen molar-refractivity contribution >= 4 is 11.9 Å². The fourth-order valence-corrected chi connectivity index (χ4v) is 2.16. The van der Waals surface area contributed by atoms with Crippen LogP contribution in [0.4, 0.5) is 0 Å². The summed E-state index contributed by atoms with van der Waals surface area (Å²) in [6.45, 7) is 4.08. The number of nitrogens with zero attached hydrogens (tertiary/aromatic N) is 3. The molecule has 1 N–H and O–H groups in total. The van der Waals surface area contributed by atoms with Crippen LogP contribution in [0.5, 0.6) is 0 Å². The van der Waals surface area contributed by atoms with Gasteiger partial charge in [-0.25, -0.2) is 0 Å². The first-order chi connectivity index (χ1) is 8.32. The number of aliphatic carboxylic acids is 1. The minimum absolute atomic E-state index is 0.00231. The fraction of sp³-hybridized carbons (Fsp3) is 0.833. The molecule has 0 aromatic heterocycles. The SMILES string of the molecule is CC1C(=O)N(C)CC(C(=O)O)CN1CCN(C)C. The van der Waals surface area contributed by atoms with Crippen molar-refractivity contribution in [2.45, 2.75) is 13.0 Å². The molecule has 0 spiro atoms. The summed E-state index contributed by atoms with van der Waals surface area (Å²) in [5, 5.41) is 9.17. The maximum absolute atomic E-state index is 12.0. The lowest BCUT2D eigenvalue weighted by atomic mass is 10.1. The quantitative estimate of drug-likeness (QED) is 0.729. The van der Waals surface area contributed by atoms with Crippen LogP contribution in [0.2, 0.25) is 0 Å². The second kappa shape index (κ2) is 6.15. The van der Waals surface area contributed by atoms with Crippen LogP contribution in [-0.4, -0.2) is 85.0 Å². The second-order valence-electron chi connectivity index (χ2n) is 5.23. The first kappa shape index (κ1) is 14.9. The van der Waals surface area contributed by atoms with Crippen molar-refractivity contribution in [3.63, 3.8) is 0 Å². The van der Waals surface area contributed by atoms with Crippen molar-refractivity contribution in [2.24, 2.45) is 5.92 Å². The van der Waals surface area contributed by atoms with Crippen molar-refractivity contribution in [3.8, 4) is 0 Å². The Morgan fingerprint density at radius 1 is 1.44 bits per heavy atom. The van der Waals surface area contributed by atoms with Gasteiger partial charge in [-0.1, -0.05) is 0 Å². The molecule has 1 aliphatic heterocycles. The predicted molar refractivity (Wildman–Crippen MR) is 68.4 cm³/mol. The number of rotatable bonds is 4. The van der Waals surface area contributed by atoms with Crippen LogP contribution in [-0.2, 0) is 9.59 Å². The molecular weight excluding hydrogens is 234 g/mol. The molecule has 0 aromatic rings. The fourth-order valence-electron chi connectivity index (χ4n) is 2.16. The highest BCUT2D eigenvalue weighted by molar-refractivity contribution is 5.82. The smallest absolute Gasteiger partial charge is 0.309 e. The van der Waals surface area contributed by atoms with Crippen LogP contribution >= 0.6 is 0 Å². The molecule has 18 heavy (non-hydrogen) atoms. The summed E-state index contributed by atoms with van der Waals surface area (Å²) >= 11 is 0. The van der Waals surface area contributed by atoms with Crippen molar-refractivity contribution in [1.29, 1.82) is 0 Å². The third-order valence-electron chi connectivity index (χ3n) is 3.41. The summed E-state index contributed by atoms with van der Waals surface area (Å²) in [5.41, 5.74) is 0. The van der Waals surface area contributed by atoms with Crippen LogP contribution in [0.3, 0.4) is 0 Å². The van der Waals surface area contributed by atoms with Crippen molar-refractivity contribution < 1.29 is 14.7 Å². The molecular formula is C12H23N3O3. The molecule has 1 aliphatic rings. The van der Waals surface area contributed by atoms with Gasteiger partial charge in [0, 0.05) is 33.2 Å². The van der Waals surface area contributed by atoms with E-state index in [1.165, 1.54) is 4.90 Å². The molecule has 0 radical (unpaired) electrons. The Balaban J connectivity index is 2.78. The van der Waals surface area contributed by atoms with Crippen molar-refractivity contribution in [2.75, 3.05) is 47.3 Å². The van der Waals surface area contributed by atoms with Crippen LogP contribution in [0.25, 0.3) is 0 Å². The van der Waals surface area contributed by atoms with Crippen LogP contribution in [0.1, 0.15) is 6.92 Å². The Kier molecular flexibility index (Phi) is 5.10. The van der Waals surface area contributed by atoms with Gasteiger partial charge in [-0.15, -0.1) is 0 Å². The first-order valence-corrected chi connectivity index (χ1v) is 6.19. The molecule has 1 fully saturated rings. The van der Waals surface area contributed by atoms with E-state index in [4.69, 9.17) is 0 Å². The van der Waals surface area contributed by atoms with E-state index in [1.807, 2.05) is 30.8 Å². The highest BCUT2D eigenvalue weighted by atomic mass is 16.4. The minimum Gasteiger partial charge on any atom is -0.481 e. The average molecular weight is 257 g/mol. The van der Waals surface area contributed by atoms with E-state index in [2.05, 4.69) is 0 Å². The maximum Gasteiger partial charge on any atom is 0.309 e. The zero-order chi connectivity index (χ0) is 13.9. The van der Waals surface area contributed by atoms with Gasteiger partial charge in [0.2, 0.25) is 5.91 Å². The zero-order valence-electron chi connectivity index (χ0n) is 11.6. The van der Waals surface area contributed by atoms with Crippen LogP contribution < -0.4 is 0 Å². The average Bonchev–Trinajstić information content (AvgIpc) is 2.39. The third kappa shape index (κ3) is 3.68. The Labute approximate surface area is 108 Å². The highest BCUT2D eigenvalue weighted by Crippen LogP contribution is 2.14. The summed E-state index contributed by atoms with van der Waals surface area (Å²) in [6, 6.07) is -0.251. The molecule has 2 unspecified atom stereocenters. The summed E-state index contributed by atoms with van der Waals surface area (Å²) in [4.78, 5) is 28.7. The summed E-state index contributed by atoms with van der Waals surface area (Å²) in [5.74, 6) is -1.35. The first-order valence-electron chi connectivity index (χ1n) is 6.19. The lowest BCUT2D eigenvalue weighted by molar-refractivity contribution is -0.142. The normalized spacial score (nSPS) is 26.5. The summed E-state index contributed by atoms with van der Waals surface area (Å²) in [7, 11) is 5.60. The molecule has 6 heteroatoms. The van der Waals surface area contributed by atoms with Gasteiger partial charge in [0.25, 0.3) is 0 Å². The van der Waals surface area contributed by atoms with E-state index in [-0.39, 0.29) is 18.5 Å². The molecule has 0 aliphatic carbocycles. The largest absolute Gasteiger partial charge is 0.481 e. The predicted octanol–water partition coefficient (Wildman–Crippen LogP) is -0.589. The van der Waals surface area contributed by atoms with Crippen LogP contribution in [0, 0.1) is 5.92 Å². The number of hydrogen-bond acceptors (Lipinski definition) is 4. The molecule has 1 heterocycles. The van der Waals surface area contributed by atoms with Gasteiger partial charge in [-0.2, -0.15) is 0 Å².